The van der Waals surface area contributed by atoms with Crippen LogP contribution in [0.2, 0.25) is 0 Å². The lowest BCUT2D eigenvalue weighted by Crippen LogP contribution is -1.89. The van der Waals surface area contributed by atoms with Gasteiger partial charge in [-0.2, -0.15) is 0 Å². The summed E-state index contributed by atoms with van der Waals surface area (Å²) in [6.45, 7) is 0. The highest BCUT2D eigenvalue weighted by Gasteiger charge is 1.96. The molecule has 0 aliphatic carbocycles. The summed E-state index contributed by atoms with van der Waals surface area (Å²) in [5.74, 6) is 0.290. The van der Waals surface area contributed by atoms with Crippen LogP contribution in [0.4, 0.5) is 0 Å². The first-order valence-electron chi connectivity index (χ1n) is 4.36. The number of benzene rings is 1. The van der Waals surface area contributed by atoms with Crippen molar-refractivity contribution >= 4 is 0 Å². The molecule has 2 rings (SSSR count). The molecule has 0 atom stereocenters. The van der Waals surface area contributed by atoms with Crippen LogP contribution in [0.1, 0.15) is 11.1 Å². The fourth-order valence-electron chi connectivity index (χ4n) is 1.27. The number of phenols is 1. The van der Waals surface area contributed by atoms with Crippen molar-refractivity contribution in [3.8, 4) is 5.75 Å². The van der Waals surface area contributed by atoms with Gasteiger partial charge in [0.15, 0.2) is 0 Å². The number of hydrogen-bond acceptors (Lipinski definition) is 3. The maximum atomic E-state index is 9.10. The van der Waals surface area contributed by atoms with Crippen molar-refractivity contribution in [1.29, 1.82) is 0 Å². The number of aromatic hydroxyl groups is 1. The van der Waals surface area contributed by atoms with Gasteiger partial charge in [-0.1, -0.05) is 12.1 Å². The molecule has 2 aromatic rings. The van der Waals surface area contributed by atoms with E-state index in [4.69, 9.17) is 5.11 Å². The molecule has 3 heteroatoms. The molecule has 0 unspecified atom stereocenters. The van der Waals surface area contributed by atoms with E-state index in [0.717, 1.165) is 17.5 Å². The summed E-state index contributed by atoms with van der Waals surface area (Å²) in [5.41, 5.74) is 2.20. The number of hydrogen-bond donors (Lipinski definition) is 1. The molecule has 0 saturated carbocycles. The number of phenolic OH excluding ortho intramolecular Hbond substituents is 1. The Labute approximate surface area is 82.1 Å². The Bertz CT molecular complexity index is 397. The Morgan fingerprint density at radius 3 is 2.21 bits per heavy atom. The topological polar surface area (TPSA) is 46.0 Å². The lowest BCUT2D eigenvalue weighted by Gasteiger charge is -2.00. The normalized spacial score (nSPS) is 10.0. The fraction of sp³-hybridized carbons (Fsp3) is 0.0909. The standard InChI is InChI=1S/C11H10N2O/c14-11-3-1-9(2-4-11)5-10-6-12-8-13-7-10/h1-4,6-8,14H,5H2. The van der Waals surface area contributed by atoms with Crippen LogP contribution in [-0.2, 0) is 6.42 Å². The van der Waals surface area contributed by atoms with Crippen LogP contribution in [0.3, 0.4) is 0 Å². The fourth-order valence-corrected chi connectivity index (χ4v) is 1.27. The first-order chi connectivity index (χ1) is 6.84. The third-order valence-corrected chi connectivity index (χ3v) is 1.96. The molecule has 0 amide bonds. The van der Waals surface area contributed by atoms with E-state index in [9.17, 15) is 0 Å². The lowest BCUT2D eigenvalue weighted by atomic mass is 10.1. The molecule has 0 saturated heterocycles. The Morgan fingerprint density at radius 1 is 0.929 bits per heavy atom. The predicted octanol–water partition coefficient (Wildman–Crippen LogP) is 1.77. The largest absolute Gasteiger partial charge is 0.508 e. The van der Waals surface area contributed by atoms with E-state index in [1.165, 1.54) is 6.33 Å². The molecule has 0 radical (unpaired) electrons. The van der Waals surface area contributed by atoms with Gasteiger partial charge in [0.2, 0.25) is 0 Å². The minimum atomic E-state index is 0.290. The van der Waals surface area contributed by atoms with Crippen molar-refractivity contribution in [2.24, 2.45) is 0 Å². The van der Waals surface area contributed by atoms with Crippen molar-refractivity contribution < 1.29 is 5.11 Å². The third-order valence-electron chi connectivity index (χ3n) is 1.96. The summed E-state index contributed by atoms with van der Waals surface area (Å²) in [7, 11) is 0. The minimum Gasteiger partial charge on any atom is -0.508 e. The predicted molar refractivity (Wildman–Crippen MR) is 52.9 cm³/mol. The van der Waals surface area contributed by atoms with E-state index < -0.39 is 0 Å². The molecule has 1 aromatic carbocycles. The van der Waals surface area contributed by atoms with Gasteiger partial charge in [-0.25, -0.2) is 9.97 Å². The van der Waals surface area contributed by atoms with Crippen molar-refractivity contribution in [1.82, 2.24) is 9.97 Å². The molecular weight excluding hydrogens is 176 g/mol. The van der Waals surface area contributed by atoms with Gasteiger partial charge < -0.3 is 5.11 Å². The summed E-state index contributed by atoms with van der Waals surface area (Å²) in [6, 6.07) is 7.14. The Morgan fingerprint density at radius 2 is 1.57 bits per heavy atom. The molecule has 70 valence electrons. The van der Waals surface area contributed by atoms with Crippen molar-refractivity contribution in [2.75, 3.05) is 0 Å². The SMILES string of the molecule is Oc1ccc(Cc2cncnc2)cc1. The average Bonchev–Trinajstić information content (AvgIpc) is 2.23. The molecule has 14 heavy (non-hydrogen) atoms. The van der Waals surface area contributed by atoms with Crippen LogP contribution in [0, 0.1) is 0 Å². The van der Waals surface area contributed by atoms with E-state index in [-0.39, 0.29) is 5.75 Å². The van der Waals surface area contributed by atoms with Crippen molar-refractivity contribution in [2.45, 2.75) is 6.42 Å². The van der Waals surface area contributed by atoms with Crippen LogP contribution in [0.5, 0.6) is 5.75 Å². The van der Waals surface area contributed by atoms with Gasteiger partial charge in [0, 0.05) is 18.8 Å². The van der Waals surface area contributed by atoms with Crippen LogP contribution in [0.15, 0.2) is 43.0 Å². The maximum Gasteiger partial charge on any atom is 0.115 e. The number of aromatic nitrogens is 2. The zero-order chi connectivity index (χ0) is 9.80. The summed E-state index contributed by atoms with van der Waals surface area (Å²) in [5, 5.41) is 9.10. The third kappa shape index (κ3) is 2.07. The van der Waals surface area contributed by atoms with Gasteiger partial charge in [-0.3, -0.25) is 0 Å². The van der Waals surface area contributed by atoms with E-state index in [2.05, 4.69) is 9.97 Å². The molecule has 0 bridgehead atoms. The smallest absolute Gasteiger partial charge is 0.115 e. The molecule has 0 fully saturated rings. The van der Waals surface area contributed by atoms with Gasteiger partial charge in [0.05, 0.1) is 0 Å². The van der Waals surface area contributed by atoms with Gasteiger partial charge in [0.25, 0.3) is 0 Å². The van der Waals surface area contributed by atoms with Crippen LogP contribution < -0.4 is 0 Å². The summed E-state index contributed by atoms with van der Waals surface area (Å²) in [6.07, 6.45) is 5.89. The number of rotatable bonds is 2. The Balaban J connectivity index is 2.16. The maximum absolute atomic E-state index is 9.10. The van der Waals surface area contributed by atoms with Gasteiger partial charge in [0.1, 0.15) is 12.1 Å². The number of nitrogens with zero attached hydrogens (tertiary/aromatic N) is 2. The van der Waals surface area contributed by atoms with E-state index >= 15 is 0 Å². The first kappa shape index (κ1) is 8.69. The van der Waals surface area contributed by atoms with Crippen LogP contribution in [0.25, 0.3) is 0 Å². The summed E-state index contributed by atoms with van der Waals surface area (Å²) < 4.78 is 0. The van der Waals surface area contributed by atoms with E-state index in [0.29, 0.717) is 0 Å². The highest BCUT2D eigenvalue weighted by Crippen LogP contribution is 2.12. The van der Waals surface area contributed by atoms with E-state index in [1.54, 1.807) is 24.5 Å². The second-order valence-corrected chi connectivity index (χ2v) is 3.09. The van der Waals surface area contributed by atoms with Gasteiger partial charge in [-0.05, 0) is 23.3 Å². The zero-order valence-corrected chi connectivity index (χ0v) is 7.59. The zero-order valence-electron chi connectivity index (χ0n) is 7.59. The molecule has 0 spiro atoms. The minimum absolute atomic E-state index is 0.290. The molecule has 1 N–H and O–H groups in total. The molecule has 1 heterocycles. The molecule has 0 aliphatic heterocycles. The molecule has 0 aliphatic rings. The Kier molecular flexibility index (Phi) is 2.40. The van der Waals surface area contributed by atoms with Gasteiger partial charge in [-0.15, -0.1) is 0 Å². The summed E-state index contributed by atoms with van der Waals surface area (Å²) in [4.78, 5) is 7.88. The van der Waals surface area contributed by atoms with Crippen LogP contribution in [-0.4, -0.2) is 15.1 Å². The highest BCUT2D eigenvalue weighted by atomic mass is 16.3. The first-order valence-corrected chi connectivity index (χ1v) is 4.36. The Hall–Kier alpha value is -1.90. The van der Waals surface area contributed by atoms with Crippen molar-refractivity contribution in [3.05, 3.63) is 54.1 Å². The van der Waals surface area contributed by atoms with E-state index in [1.807, 2.05) is 12.1 Å². The average molecular weight is 186 g/mol. The van der Waals surface area contributed by atoms with Crippen LogP contribution >= 0.6 is 0 Å². The molecule has 3 nitrogen and oxygen atoms in total. The quantitative estimate of drug-likeness (QED) is 0.777. The monoisotopic (exact) mass is 186 g/mol. The molecular formula is C11H10N2O. The van der Waals surface area contributed by atoms with Gasteiger partial charge >= 0.3 is 0 Å². The molecule has 1 aromatic heterocycles. The lowest BCUT2D eigenvalue weighted by molar-refractivity contribution is 0.475. The second kappa shape index (κ2) is 3.87. The highest BCUT2D eigenvalue weighted by molar-refractivity contribution is 5.29. The summed E-state index contributed by atoms with van der Waals surface area (Å²) >= 11 is 0. The van der Waals surface area contributed by atoms with Crippen molar-refractivity contribution in [3.63, 3.8) is 0 Å². The second-order valence-electron chi connectivity index (χ2n) is 3.09.